The number of hydrogen-bond acceptors (Lipinski definition) is 4. The Hall–Kier alpha value is -1.75. The van der Waals surface area contributed by atoms with E-state index in [1.165, 1.54) is 32.1 Å². The van der Waals surface area contributed by atoms with E-state index in [1.807, 2.05) is 24.3 Å². The summed E-state index contributed by atoms with van der Waals surface area (Å²) in [5, 5.41) is 2.75. The number of amides is 1. The lowest BCUT2D eigenvalue weighted by atomic mass is 10.1. The van der Waals surface area contributed by atoms with Gasteiger partial charge in [0.25, 0.3) is 0 Å². The Morgan fingerprint density at radius 1 is 1.08 bits per heavy atom. The van der Waals surface area contributed by atoms with E-state index in [2.05, 4.69) is 17.1 Å². The summed E-state index contributed by atoms with van der Waals surface area (Å²) in [4.78, 5) is 14.1. The van der Waals surface area contributed by atoms with E-state index in [1.54, 1.807) is 0 Å². The van der Waals surface area contributed by atoms with E-state index < -0.39 is 6.09 Å². The van der Waals surface area contributed by atoms with Crippen molar-refractivity contribution in [3.05, 3.63) is 24.3 Å². The molecule has 0 saturated carbocycles. The second-order valence-corrected chi connectivity index (χ2v) is 6.24. The van der Waals surface area contributed by atoms with Gasteiger partial charge in [0.2, 0.25) is 0 Å². The fraction of sp³-hybridized carbons (Fsp3) is 0.632. The highest BCUT2D eigenvalue weighted by Crippen LogP contribution is 2.16. The number of likely N-dealkylation sites (tertiary alicyclic amines) is 1. The fourth-order valence-electron chi connectivity index (χ4n) is 2.78. The van der Waals surface area contributed by atoms with Crippen LogP contribution in [0.4, 0.5) is 10.5 Å². The van der Waals surface area contributed by atoms with Gasteiger partial charge in [-0.1, -0.05) is 26.2 Å². The molecule has 0 radical (unpaired) electrons. The van der Waals surface area contributed by atoms with Crippen molar-refractivity contribution in [2.45, 2.75) is 45.4 Å². The van der Waals surface area contributed by atoms with Gasteiger partial charge in [-0.25, -0.2) is 4.79 Å². The number of hydrogen-bond donors (Lipinski definition) is 1. The molecular formula is C19H30N2O3. The van der Waals surface area contributed by atoms with Crippen LogP contribution < -0.4 is 10.1 Å². The zero-order chi connectivity index (χ0) is 17.0. The molecule has 1 aliphatic rings. The molecule has 0 aliphatic carbocycles. The van der Waals surface area contributed by atoms with Gasteiger partial charge < -0.3 is 9.47 Å². The van der Waals surface area contributed by atoms with Gasteiger partial charge >= 0.3 is 6.09 Å². The lowest BCUT2D eigenvalue weighted by Crippen LogP contribution is -2.33. The molecule has 1 aromatic rings. The minimum absolute atomic E-state index is 0.399. The Balaban J connectivity index is 1.62. The zero-order valence-electron chi connectivity index (χ0n) is 14.8. The first kappa shape index (κ1) is 18.6. The van der Waals surface area contributed by atoms with Crippen LogP contribution in [-0.4, -0.2) is 43.8 Å². The molecule has 1 aromatic carbocycles. The van der Waals surface area contributed by atoms with E-state index in [9.17, 15) is 4.79 Å². The quantitative estimate of drug-likeness (QED) is 0.685. The number of carbonyl (C=O) groups excluding carboxylic acids is 1. The van der Waals surface area contributed by atoms with Gasteiger partial charge in [-0.05, 0) is 56.6 Å². The van der Waals surface area contributed by atoms with E-state index in [-0.39, 0.29) is 0 Å². The van der Waals surface area contributed by atoms with Gasteiger partial charge in [0, 0.05) is 12.2 Å². The molecule has 0 spiro atoms. The fourth-order valence-corrected chi connectivity index (χ4v) is 2.78. The summed E-state index contributed by atoms with van der Waals surface area (Å²) in [5.74, 6) is 0.829. The van der Waals surface area contributed by atoms with Gasteiger partial charge in [-0.15, -0.1) is 0 Å². The first-order chi connectivity index (χ1) is 11.8. The maximum atomic E-state index is 11.8. The van der Waals surface area contributed by atoms with Crippen molar-refractivity contribution >= 4 is 11.8 Å². The van der Waals surface area contributed by atoms with Crippen LogP contribution in [0.25, 0.3) is 0 Å². The Kier molecular flexibility index (Phi) is 8.46. The summed E-state index contributed by atoms with van der Waals surface area (Å²) in [5.41, 5.74) is 0.721. The molecular weight excluding hydrogens is 304 g/mol. The second kappa shape index (κ2) is 10.9. The molecule has 0 bridgehead atoms. The third-order valence-corrected chi connectivity index (χ3v) is 4.21. The van der Waals surface area contributed by atoms with Crippen LogP contribution in [0.3, 0.4) is 0 Å². The summed E-state index contributed by atoms with van der Waals surface area (Å²) in [7, 11) is 0. The molecule has 1 amide bonds. The standard InChI is InChI=1S/C19H30N2O3/c1-2-3-7-15-23-18-10-8-17(9-11-18)20-19(22)24-16-14-21-12-5-4-6-13-21/h8-11H,2-7,12-16H2,1H3,(H,20,22). The number of rotatable bonds is 9. The first-order valence-corrected chi connectivity index (χ1v) is 9.17. The van der Waals surface area contributed by atoms with Crippen LogP contribution in [0.2, 0.25) is 0 Å². The predicted octanol–water partition coefficient (Wildman–Crippen LogP) is 4.29. The Morgan fingerprint density at radius 2 is 1.83 bits per heavy atom. The lowest BCUT2D eigenvalue weighted by molar-refractivity contribution is 0.131. The molecule has 1 saturated heterocycles. The van der Waals surface area contributed by atoms with Gasteiger partial charge in [0.15, 0.2) is 0 Å². The van der Waals surface area contributed by atoms with Crippen molar-refractivity contribution in [2.75, 3.05) is 38.2 Å². The molecule has 5 heteroatoms. The van der Waals surface area contributed by atoms with Crippen LogP contribution in [0.1, 0.15) is 45.4 Å². The Morgan fingerprint density at radius 3 is 2.54 bits per heavy atom. The van der Waals surface area contributed by atoms with Crippen LogP contribution in [0.15, 0.2) is 24.3 Å². The number of piperidine rings is 1. The minimum Gasteiger partial charge on any atom is -0.494 e. The highest BCUT2D eigenvalue weighted by Gasteiger charge is 2.10. The summed E-state index contributed by atoms with van der Waals surface area (Å²) < 4.78 is 10.9. The molecule has 0 atom stereocenters. The molecule has 0 unspecified atom stereocenters. The van der Waals surface area contributed by atoms with Crippen LogP contribution in [0, 0.1) is 0 Å². The number of ether oxygens (including phenoxy) is 2. The second-order valence-electron chi connectivity index (χ2n) is 6.24. The highest BCUT2D eigenvalue weighted by atomic mass is 16.5. The molecule has 1 fully saturated rings. The largest absolute Gasteiger partial charge is 0.494 e. The van der Waals surface area contributed by atoms with Crippen molar-refractivity contribution < 1.29 is 14.3 Å². The monoisotopic (exact) mass is 334 g/mol. The maximum Gasteiger partial charge on any atom is 0.411 e. The lowest BCUT2D eigenvalue weighted by Gasteiger charge is -2.25. The van der Waals surface area contributed by atoms with Gasteiger partial charge in [-0.3, -0.25) is 10.2 Å². The number of nitrogens with zero attached hydrogens (tertiary/aromatic N) is 1. The third-order valence-electron chi connectivity index (χ3n) is 4.21. The summed E-state index contributed by atoms with van der Waals surface area (Å²) in [6.45, 7) is 6.39. The zero-order valence-corrected chi connectivity index (χ0v) is 14.8. The molecule has 5 nitrogen and oxygen atoms in total. The molecule has 1 heterocycles. The Bertz CT molecular complexity index is 470. The molecule has 1 N–H and O–H groups in total. The maximum absolute atomic E-state index is 11.8. The third kappa shape index (κ3) is 7.21. The summed E-state index contributed by atoms with van der Waals surface area (Å²) in [6, 6.07) is 7.41. The van der Waals surface area contributed by atoms with Crippen molar-refractivity contribution in [3.63, 3.8) is 0 Å². The van der Waals surface area contributed by atoms with Crippen molar-refractivity contribution in [1.82, 2.24) is 4.90 Å². The molecule has 24 heavy (non-hydrogen) atoms. The molecule has 1 aliphatic heterocycles. The van der Waals surface area contributed by atoms with Crippen molar-refractivity contribution in [2.24, 2.45) is 0 Å². The highest BCUT2D eigenvalue weighted by molar-refractivity contribution is 5.84. The SMILES string of the molecule is CCCCCOc1ccc(NC(=O)OCCN2CCCCC2)cc1. The van der Waals surface area contributed by atoms with Crippen LogP contribution >= 0.6 is 0 Å². The van der Waals surface area contributed by atoms with E-state index >= 15 is 0 Å². The van der Waals surface area contributed by atoms with E-state index in [0.717, 1.165) is 44.1 Å². The topological polar surface area (TPSA) is 50.8 Å². The van der Waals surface area contributed by atoms with Gasteiger partial charge in [0.1, 0.15) is 12.4 Å². The van der Waals surface area contributed by atoms with Crippen molar-refractivity contribution in [1.29, 1.82) is 0 Å². The average molecular weight is 334 g/mol. The molecule has 2 rings (SSSR count). The molecule has 0 aromatic heterocycles. The normalized spacial score (nSPS) is 15.0. The summed E-state index contributed by atoms with van der Waals surface area (Å²) in [6.07, 6.45) is 6.85. The van der Waals surface area contributed by atoms with Crippen molar-refractivity contribution in [3.8, 4) is 5.75 Å². The summed E-state index contributed by atoms with van der Waals surface area (Å²) >= 11 is 0. The number of unbranched alkanes of at least 4 members (excludes halogenated alkanes) is 2. The number of benzene rings is 1. The minimum atomic E-state index is -0.399. The van der Waals surface area contributed by atoms with Gasteiger partial charge in [-0.2, -0.15) is 0 Å². The smallest absolute Gasteiger partial charge is 0.411 e. The predicted molar refractivity (Wildman–Crippen MR) is 96.7 cm³/mol. The average Bonchev–Trinajstić information content (AvgIpc) is 2.61. The molecule has 134 valence electrons. The van der Waals surface area contributed by atoms with Gasteiger partial charge in [0.05, 0.1) is 6.61 Å². The first-order valence-electron chi connectivity index (χ1n) is 9.17. The number of carbonyl (C=O) groups is 1. The number of nitrogens with one attached hydrogen (secondary N) is 1. The van der Waals surface area contributed by atoms with E-state index in [0.29, 0.717) is 6.61 Å². The van der Waals surface area contributed by atoms with Crippen LogP contribution in [-0.2, 0) is 4.74 Å². The van der Waals surface area contributed by atoms with E-state index in [4.69, 9.17) is 9.47 Å². The Labute approximate surface area is 145 Å². The van der Waals surface area contributed by atoms with Crippen LogP contribution in [0.5, 0.6) is 5.75 Å². The number of anilines is 1.